The molecule has 128 valence electrons. The monoisotopic (exact) mass is 332 g/mol. The lowest BCUT2D eigenvalue weighted by Crippen LogP contribution is -2.33. The molecule has 2 N–H and O–H groups in total. The molecule has 0 aromatic heterocycles. The van der Waals surface area contributed by atoms with Gasteiger partial charge >= 0.3 is 5.97 Å². The summed E-state index contributed by atoms with van der Waals surface area (Å²) in [6, 6.07) is 4.75. The van der Waals surface area contributed by atoms with Crippen LogP contribution in [0.15, 0.2) is 36.6 Å². The molecule has 0 atom stereocenters. The van der Waals surface area contributed by atoms with Crippen molar-refractivity contribution < 1.29 is 23.9 Å². The number of methoxy groups -OCH3 is 1. The number of rotatable bonds is 7. The Kier molecular flexibility index (Phi) is 7.22. The Bertz CT molecular complexity index is 680. The van der Waals surface area contributed by atoms with Crippen LogP contribution < -0.4 is 20.1 Å². The van der Waals surface area contributed by atoms with Gasteiger partial charge in [-0.05, 0) is 23.8 Å². The van der Waals surface area contributed by atoms with Gasteiger partial charge in [0.05, 0.1) is 7.11 Å². The van der Waals surface area contributed by atoms with E-state index in [4.69, 9.17) is 9.47 Å². The summed E-state index contributed by atoms with van der Waals surface area (Å²) in [5, 5.41) is 5.05. The number of amides is 2. The SMILES string of the molecule is C=CCNC(=O)/C(=C\c1ccc(OC(C)=O)c(OC)c1)NC(C)=O. The van der Waals surface area contributed by atoms with E-state index in [2.05, 4.69) is 17.2 Å². The molecule has 0 radical (unpaired) electrons. The van der Waals surface area contributed by atoms with Gasteiger partial charge in [0.2, 0.25) is 5.91 Å². The van der Waals surface area contributed by atoms with E-state index in [-0.39, 0.29) is 23.9 Å². The number of nitrogens with one attached hydrogen (secondary N) is 2. The highest BCUT2D eigenvalue weighted by molar-refractivity contribution is 6.01. The molecule has 24 heavy (non-hydrogen) atoms. The van der Waals surface area contributed by atoms with Crippen LogP contribution in [0.4, 0.5) is 0 Å². The van der Waals surface area contributed by atoms with E-state index in [1.807, 2.05) is 0 Å². The fourth-order valence-electron chi connectivity index (χ4n) is 1.79. The molecular weight excluding hydrogens is 312 g/mol. The molecule has 2 amide bonds. The van der Waals surface area contributed by atoms with Gasteiger partial charge in [-0.15, -0.1) is 6.58 Å². The number of esters is 1. The van der Waals surface area contributed by atoms with Crippen molar-refractivity contribution in [3.63, 3.8) is 0 Å². The van der Waals surface area contributed by atoms with Crippen LogP contribution in [-0.4, -0.2) is 31.4 Å². The van der Waals surface area contributed by atoms with E-state index in [0.29, 0.717) is 11.3 Å². The first-order valence-electron chi connectivity index (χ1n) is 7.12. The first kappa shape index (κ1) is 19.0. The maximum absolute atomic E-state index is 12.1. The molecule has 7 heteroatoms. The predicted molar refractivity (Wildman–Crippen MR) is 89.3 cm³/mol. The average Bonchev–Trinajstić information content (AvgIpc) is 2.52. The highest BCUT2D eigenvalue weighted by atomic mass is 16.6. The minimum atomic E-state index is -0.473. The Labute approximate surface area is 140 Å². The normalized spacial score (nSPS) is 10.5. The van der Waals surface area contributed by atoms with E-state index in [1.165, 1.54) is 33.1 Å². The summed E-state index contributed by atoms with van der Waals surface area (Å²) < 4.78 is 10.2. The third-order valence-electron chi connectivity index (χ3n) is 2.71. The van der Waals surface area contributed by atoms with Crippen molar-refractivity contribution in [2.24, 2.45) is 0 Å². The second-order valence-electron chi connectivity index (χ2n) is 4.74. The molecular formula is C17H20N2O5. The molecule has 0 saturated carbocycles. The van der Waals surface area contributed by atoms with Gasteiger partial charge in [-0.2, -0.15) is 0 Å². The van der Waals surface area contributed by atoms with Gasteiger partial charge < -0.3 is 20.1 Å². The number of carbonyl (C=O) groups excluding carboxylic acids is 3. The second-order valence-corrected chi connectivity index (χ2v) is 4.74. The fourth-order valence-corrected chi connectivity index (χ4v) is 1.79. The van der Waals surface area contributed by atoms with E-state index in [9.17, 15) is 14.4 Å². The first-order valence-corrected chi connectivity index (χ1v) is 7.12. The Morgan fingerprint density at radius 2 is 1.92 bits per heavy atom. The van der Waals surface area contributed by atoms with Crippen molar-refractivity contribution in [3.05, 3.63) is 42.1 Å². The molecule has 0 spiro atoms. The first-order chi connectivity index (χ1) is 11.4. The van der Waals surface area contributed by atoms with Crippen molar-refractivity contribution in [2.75, 3.05) is 13.7 Å². The van der Waals surface area contributed by atoms with E-state index < -0.39 is 11.9 Å². The molecule has 0 saturated heterocycles. The molecule has 0 aliphatic heterocycles. The third-order valence-corrected chi connectivity index (χ3v) is 2.71. The smallest absolute Gasteiger partial charge is 0.308 e. The number of carbonyl (C=O) groups is 3. The van der Waals surface area contributed by atoms with E-state index in [0.717, 1.165) is 0 Å². The summed E-state index contributed by atoms with van der Waals surface area (Å²) in [4.78, 5) is 34.4. The van der Waals surface area contributed by atoms with Crippen molar-refractivity contribution in [1.29, 1.82) is 0 Å². The minimum absolute atomic E-state index is 0.0756. The summed E-state index contributed by atoms with van der Waals surface area (Å²) in [6.07, 6.45) is 3.01. The highest BCUT2D eigenvalue weighted by Gasteiger charge is 2.12. The van der Waals surface area contributed by atoms with Crippen LogP contribution in [-0.2, 0) is 14.4 Å². The van der Waals surface area contributed by atoms with Crippen LogP contribution >= 0.6 is 0 Å². The number of hydrogen-bond acceptors (Lipinski definition) is 5. The zero-order valence-electron chi connectivity index (χ0n) is 13.8. The Hall–Kier alpha value is -3.09. The van der Waals surface area contributed by atoms with Crippen LogP contribution in [0.3, 0.4) is 0 Å². The van der Waals surface area contributed by atoms with Crippen molar-refractivity contribution in [1.82, 2.24) is 10.6 Å². The number of ether oxygens (including phenoxy) is 2. The van der Waals surface area contributed by atoms with Gasteiger partial charge in [0.15, 0.2) is 11.5 Å². The minimum Gasteiger partial charge on any atom is -0.493 e. The Morgan fingerprint density at radius 1 is 1.21 bits per heavy atom. The quantitative estimate of drug-likeness (QED) is 0.341. The second kappa shape index (κ2) is 9.14. The van der Waals surface area contributed by atoms with E-state index >= 15 is 0 Å². The Morgan fingerprint density at radius 3 is 2.46 bits per heavy atom. The maximum Gasteiger partial charge on any atom is 0.308 e. The summed E-state index contributed by atoms with van der Waals surface area (Å²) >= 11 is 0. The standard InChI is InChI=1S/C17H20N2O5/c1-5-8-18-17(22)14(19-11(2)20)9-13-6-7-15(24-12(3)21)16(10-13)23-4/h5-7,9-10H,1,8H2,2-4H3,(H,18,22)(H,19,20)/b14-9+. The molecule has 0 aliphatic carbocycles. The topological polar surface area (TPSA) is 93.7 Å². The molecule has 0 heterocycles. The van der Waals surface area contributed by atoms with Gasteiger partial charge in [0.25, 0.3) is 5.91 Å². The van der Waals surface area contributed by atoms with Crippen molar-refractivity contribution in [2.45, 2.75) is 13.8 Å². The number of hydrogen-bond donors (Lipinski definition) is 2. The van der Waals surface area contributed by atoms with Crippen LogP contribution in [0.25, 0.3) is 6.08 Å². The van der Waals surface area contributed by atoms with Gasteiger partial charge in [0, 0.05) is 20.4 Å². The van der Waals surface area contributed by atoms with Gasteiger partial charge in [0.1, 0.15) is 5.70 Å². The van der Waals surface area contributed by atoms with Gasteiger partial charge in [-0.3, -0.25) is 14.4 Å². The zero-order chi connectivity index (χ0) is 18.1. The largest absolute Gasteiger partial charge is 0.493 e. The molecule has 7 nitrogen and oxygen atoms in total. The van der Waals surface area contributed by atoms with Crippen LogP contribution in [0.1, 0.15) is 19.4 Å². The molecule has 0 bridgehead atoms. The Balaban J connectivity index is 3.15. The molecule has 1 aromatic carbocycles. The van der Waals surface area contributed by atoms with E-state index in [1.54, 1.807) is 18.2 Å². The predicted octanol–water partition coefficient (Wildman–Crippen LogP) is 1.40. The highest BCUT2D eigenvalue weighted by Crippen LogP contribution is 2.29. The molecule has 0 aliphatic rings. The lowest BCUT2D eigenvalue weighted by atomic mass is 10.1. The fraction of sp³-hybridized carbons (Fsp3) is 0.235. The van der Waals surface area contributed by atoms with Crippen LogP contribution in [0.2, 0.25) is 0 Å². The number of benzene rings is 1. The third kappa shape index (κ3) is 5.96. The maximum atomic E-state index is 12.1. The van der Waals surface area contributed by atoms with Crippen molar-refractivity contribution >= 4 is 23.9 Å². The van der Waals surface area contributed by atoms with Crippen LogP contribution in [0, 0.1) is 0 Å². The molecule has 0 unspecified atom stereocenters. The van der Waals surface area contributed by atoms with Gasteiger partial charge in [-0.1, -0.05) is 12.1 Å². The zero-order valence-corrected chi connectivity index (χ0v) is 13.8. The lowest BCUT2D eigenvalue weighted by molar-refractivity contribution is -0.132. The molecule has 1 rings (SSSR count). The summed E-state index contributed by atoms with van der Waals surface area (Å²) in [6.45, 7) is 6.37. The molecule has 0 fully saturated rings. The summed E-state index contributed by atoms with van der Waals surface area (Å²) in [7, 11) is 1.43. The summed E-state index contributed by atoms with van der Waals surface area (Å²) in [5.41, 5.74) is 0.659. The lowest BCUT2D eigenvalue weighted by Gasteiger charge is -2.11. The average molecular weight is 332 g/mol. The van der Waals surface area contributed by atoms with Crippen LogP contribution in [0.5, 0.6) is 11.5 Å². The summed E-state index contributed by atoms with van der Waals surface area (Å²) in [5.74, 6) is -0.710. The van der Waals surface area contributed by atoms with Gasteiger partial charge in [-0.25, -0.2) is 0 Å². The molecule has 1 aromatic rings. The van der Waals surface area contributed by atoms with Crippen molar-refractivity contribution in [3.8, 4) is 11.5 Å².